The van der Waals surface area contributed by atoms with Crippen LogP contribution in [-0.2, 0) is 6.54 Å². The molecule has 11 nitrogen and oxygen atoms in total. The fourth-order valence-corrected chi connectivity index (χ4v) is 3.76. The molecule has 0 saturated carbocycles. The van der Waals surface area contributed by atoms with Crippen molar-refractivity contribution < 1.29 is 18.1 Å². The molecule has 0 atom stereocenters. The van der Waals surface area contributed by atoms with Gasteiger partial charge in [-0.1, -0.05) is 11.2 Å². The van der Waals surface area contributed by atoms with Gasteiger partial charge < -0.3 is 15.2 Å². The quantitative estimate of drug-likeness (QED) is 0.284. The first kappa shape index (κ1) is 26.0. The van der Waals surface area contributed by atoms with Crippen molar-refractivity contribution in [1.29, 1.82) is 5.26 Å². The van der Waals surface area contributed by atoms with Gasteiger partial charge in [0.05, 0.1) is 5.69 Å². The van der Waals surface area contributed by atoms with E-state index in [1.165, 1.54) is 18.3 Å². The first-order valence-electron chi connectivity index (χ1n) is 11.8. The van der Waals surface area contributed by atoms with E-state index in [9.17, 15) is 13.6 Å². The van der Waals surface area contributed by atoms with Gasteiger partial charge in [-0.2, -0.15) is 9.65 Å². The molecule has 0 saturated heterocycles. The molecular weight excluding hydrogens is 520 g/mol. The van der Waals surface area contributed by atoms with E-state index in [-0.39, 0.29) is 35.2 Å². The number of carbonyl (C=O) groups is 1. The van der Waals surface area contributed by atoms with Gasteiger partial charge >= 0.3 is 0 Å². The van der Waals surface area contributed by atoms with E-state index in [0.29, 0.717) is 34.0 Å². The number of anilines is 2. The van der Waals surface area contributed by atoms with Gasteiger partial charge in [-0.05, 0) is 43.7 Å². The van der Waals surface area contributed by atoms with Gasteiger partial charge in [-0.3, -0.25) is 9.78 Å². The van der Waals surface area contributed by atoms with E-state index >= 15 is 0 Å². The Kier molecular flexibility index (Phi) is 7.14. The van der Waals surface area contributed by atoms with Gasteiger partial charge in [-0.25, -0.2) is 24.3 Å². The Hall–Kier alpha value is -5.64. The predicted molar refractivity (Wildman–Crippen MR) is 138 cm³/mol. The van der Waals surface area contributed by atoms with Crippen molar-refractivity contribution in [1.82, 2.24) is 35.4 Å². The second kappa shape index (κ2) is 11.0. The molecule has 5 aromatic heterocycles. The second-order valence-electron chi connectivity index (χ2n) is 8.59. The second-order valence-corrected chi connectivity index (χ2v) is 8.59. The largest absolute Gasteiger partial charge is 0.346 e. The van der Waals surface area contributed by atoms with Crippen LogP contribution in [0.25, 0.3) is 22.6 Å². The van der Waals surface area contributed by atoms with Crippen LogP contribution in [-0.4, -0.2) is 36.0 Å². The third kappa shape index (κ3) is 5.76. The molecule has 0 fully saturated rings. The van der Waals surface area contributed by atoms with E-state index in [1.807, 2.05) is 6.07 Å². The molecule has 0 aliphatic carbocycles. The number of aromatic nitrogens is 6. The molecule has 13 heteroatoms. The molecule has 0 aliphatic heterocycles. The van der Waals surface area contributed by atoms with E-state index < -0.39 is 17.7 Å². The highest BCUT2D eigenvalue weighted by molar-refractivity contribution is 5.92. The molecule has 2 N–H and O–H groups in total. The van der Waals surface area contributed by atoms with Crippen LogP contribution in [0.3, 0.4) is 0 Å². The Morgan fingerprint density at radius 1 is 1.00 bits per heavy atom. The zero-order chi connectivity index (χ0) is 28.2. The van der Waals surface area contributed by atoms with Crippen LogP contribution in [0.5, 0.6) is 0 Å². The highest BCUT2D eigenvalue weighted by atomic mass is 19.1. The number of aryl methyl sites for hydroxylation is 2. The van der Waals surface area contributed by atoms with Crippen molar-refractivity contribution in [3.63, 3.8) is 0 Å². The third-order valence-electron chi connectivity index (χ3n) is 5.65. The smallest absolute Gasteiger partial charge is 0.273 e. The van der Waals surface area contributed by atoms with Crippen LogP contribution >= 0.6 is 0 Å². The van der Waals surface area contributed by atoms with Crippen LogP contribution in [0.15, 0.2) is 59.4 Å². The topological polar surface area (TPSA) is 155 Å². The number of hydrogen-bond acceptors (Lipinski definition) is 10. The molecule has 0 bridgehead atoms. The Bertz CT molecular complexity index is 1770. The summed E-state index contributed by atoms with van der Waals surface area (Å²) in [5.74, 6) is -1.32. The van der Waals surface area contributed by atoms with Crippen molar-refractivity contribution in [2.75, 3.05) is 5.32 Å². The number of nitrogens with one attached hydrogen (secondary N) is 2. The lowest BCUT2D eigenvalue weighted by molar-refractivity contribution is 0.0941. The zero-order valence-corrected chi connectivity index (χ0v) is 21.1. The summed E-state index contributed by atoms with van der Waals surface area (Å²) >= 11 is 0. The SMILES string of the molecule is Cc1cc(Nc2cc(C#N)on2)nc(-c2cnc(C(=O)NCc3ccc(-c4ccc(F)nc4C)nc3)c(F)c2)n1. The maximum atomic E-state index is 14.9. The lowest BCUT2D eigenvalue weighted by Crippen LogP contribution is -2.25. The Morgan fingerprint density at radius 2 is 1.85 bits per heavy atom. The molecule has 198 valence electrons. The molecule has 0 unspecified atom stereocenters. The zero-order valence-electron chi connectivity index (χ0n) is 21.1. The normalized spacial score (nSPS) is 10.7. The average molecular weight is 540 g/mol. The summed E-state index contributed by atoms with van der Waals surface area (Å²) in [6.45, 7) is 3.50. The van der Waals surface area contributed by atoms with Crippen LogP contribution in [0.4, 0.5) is 20.4 Å². The molecule has 5 heterocycles. The summed E-state index contributed by atoms with van der Waals surface area (Å²) in [6, 6.07) is 12.3. The number of pyridine rings is 3. The summed E-state index contributed by atoms with van der Waals surface area (Å²) in [5.41, 5.74) is 2.91. The molecule has 5 rings (SSSR count). The number of hydrogen-bond donors (Lipinski definition) is 2. The van der Waals surface area contributed by atoms with Crippen LogP contribution in [0.2, 0.25) is 0 Å². The third-order valence-corrected chi connectivity index (χ3v) is 5.65. The number of carbonyl (C=O) groups excluding carboxylic acids is 1. The molecule has 0 aromatic carbocycles. The lowest BCUT2D eigenvalue weighted by atomic mass is 10.1. The van der Waals surface area contributed by atoms with Crippen LogP contribution in [0.1, 0.15) is 33.2 Å². The Labute approximate surface area is 226 Å². The van der Waals surface area contributed by atoms with Crippen molar-refractivity contribution in [3.05, 3.63) is 95.0 Å². The number of nitriles is 1. The van der Waals surface area contributed by atoms with Crippen molar-refractivity contribution in [3.8, 4) is 28.7 Å². The average Bonchev–Trinajstić information content (AvgIpc) is 3.39. The minimum absolute atomic E-state index is 0.0274. The van der Waals surface area contributed by atoms with Gasteiger partial charge in [0, 0.05) is 53.6 Å². The number of halogens is 2. The maximum Gasteiger partial charge on any atom is 0.273 e. The first-order valence-corrected chi connectivity index (χ1v) is 11.8. The highest BCUT2D eigenvalue weighted by Crippen LogP contribution is 2.23. The number of nitrogens with zero attached hydrogens (tertiary/aromatic N) is 7. The minimum atomic E-state index is -0.850. The summed E-state index contributed by atoms with van der Waals surface area (Å²) < 4.78 is 33.0. The monoisotopic (exact) mass is 539 g/mol. The summed E-state index contributed by atoms with van der Waals surface area (Å²) in [5, 5.41) is 18.1. The molecule has 1 amide bonds. The summed E-state index contributed by atoms with van der Waals surface area (Å²) in [4.78, 5) is 33.4. The maximum absolute atomic E-state index is 14.9. The molecular formula is C27H19F2N9O2. The minimum Gasteiger partial charge on any atom is -0.346 e. The number of rotatable bonds is 7. The van der Waals surface area contributed by atoms with Crippen LogP contribution < -0.4 is 10.6 Å². The predicted octanol–water partition coefficient (Wildman–Crippen LogP) is 4.42. The van der Waals surface area contributed by atoms with E-state index in [0.717, 1.165) is 6.07 Å². The van der Waals surface area contributed by atoms with Crippen LogP contribution in [0, 0.1) is 36.9 Å². The Balaban J connectivity index is 1.26. The highest BCUT2D eigenvalue weighted by Gasteiger charge is 2.17. The van der Waals surface area contributed by atoms with E-state index in [4.69, 9.17) is 9.78 Å². The first-order chi connectivity index (χ1) is 19.3. The fourth-order valence-electron chi connectivity index (χ4n) is 3.76. The number of amides is 1. The molecule has 40 heavy (non-hydrogen) atoms. The van der Waals surface area contributed by atoms with Crippen molar-refractivity contribution in [2.45, 2.75) is 20.4 Å². The van der Waals surface area contributed by atoms with E-state index in [1.54, 1.807) is 44.3 Å². The van der Waals surface area contributed by atoms with Gasteiger partial charge in [0.15, 0.2) is 23.2 Å². The van der Waals surface area contributed by atoms with E-state index in [2.05, 4.69) is 40.7 Å². The fraction of sp³-hybridized carbons (Fsp3) is 0.111. The van der Waals surface area contributed by atoms with Crippen molar-refractivity contribution in [2.24, 2.45) is 0 Å². The van der Waals surface area contributed by atoms with Gasteiger partial charge in [-0.15, -0.1) is 0 Å². The van der Waals surface area contributed by atoms with Gasteiger partial charge in [0.25, 0.3) is 5.91 Å². The lowest BCUT2D eigenvalue weighted by Gasteiger charge is -2.09. The summed E-state index contributed by atoms with van der Waals surface area (Å²) in [6.07, 6.45) is 2.86. The molecule has 0 spiro atoms. The van der Waals surface area contributed by atoms with Gasteiger partial charge in [0.2, 0.25) is 11.7 Å². The molecule has 0 radical (unpaired) electrons. The van der Waals surface area contributed by atoms with Gasteiger partial charge in [0.1, 0.15) is 11.9 Å². The van der Waals surface area contributed by atoms with Crippen molar-refractivity contribution >= 4 is 17.5 Å². The standard InChI is InChI=1S/C27H19F2N9O2/c1-14-7-23(36-24-9-18(10-30)40-38-24)37-26(34-14)17-8-20(28)25(32-13-17)27(39)33-12-16-3-5-21(31-11-16)19-4-6-22(29)35-15(19)2/h3-9,11,13H,12H2,1-2H3,(H,33,39)(H,34,36,37,38). The molecule has 5 aromatic rings. The Morgan fingerprint density at radius 3 is 2.55 bits per heavy atom. The summed E-state index contributed by atoms with van der Waals surface area (Å²) in [7, 11) is 0. The molecule has 0 aliphatic rings.